The number of hydrogen-bond acceptors (Lipinski definition) is 7. The summed E-state index contributed by atoms with van der Waals surface area (Å²) in [5, 5.41) is 33.5. The van der Waals surface area contributed by atoms with Crippen LogP contribution in [0.3, 0.4) is 0 Å². The van der Waals surface area contributed by atoms with Crippen molar-refractivity contribution in [3.05, 3.63) is 11.6 Å². The van der Waals surface area contributed by atoms with Crippen molar-refractivity contribution in [2.24, 2.45) is 50.2 Å². The molecule has 0 spiro atoms. The molecule has 7 nitrogen and oxygen atoms in total. The van der Waals surface area contributed by atoms with Gasteiger partial charge in [-0.25, -0.2) is 0 Å². The highest BCUT2D eigenvalue weighted by molar-refractivity contribution is 5.82. The van der Waals surface area contributed by atoms with Gasteiger partial charge in [0, 0.05) is 0 Å². The lowest BCUT2D eigenvalue weighted by Gasteiger charge is -2.71. The molecule has 5 fully saturated rings. The summed E-state index contributed by atoms with van der Waals surface area (Å²) in [5.74, 6) is -0.793. The molecule has 4 saturated carbocycles. The van der Waals surface area contributed by atoms with Crippen molar-refractivity contribution in [2.45, 2.75) is 104 Å². The number of esters is 2. The van der Waals surface area contributed by atoms with Crippen LogP contribution in [0.15, 0.2) is 11.6 Å². The first-order valence-electron chi connectivity index (χ1n) is 14.6. The molecule has 11 unspecified atom stereocenters. The molecule has 0 aromatic carbocycles. The van der Waals surface area contributed by atoms with Crippen LogP contribution in [0.5, 0.6) is 0 Å². The van der Waals surface area contributed by atoms with Crippen molar-refractivity contribution in [1.29, 1.82) is 0 Å². The van der Waals surface area contributed by atoms with Crippen molar-refractivity contribution < 1.29 is 34.4 Å². The third kappa shape index (κ3) is 2.82. The molecule has 212 valence electrons. The summed E-state index contributed by atoms with van der Waals surface area (Å²) in [5.41, 5.74) is -1.63. The van der Waals surface area contributed by atoms with Gasteiger partial charge < -0.3 is 24.8 Å². The quantitative estimate of drug-likeness (QED) is 0.368. The maximum atomic E-state index is 13.4. The van der Waals surface area contributed by atoms with Crippen LogP contribution in [0.1, 0.15) is 86.0 Å². The summed E-state index contributed by atoms with van der Waals surface area (Å²) in [7, 11) is 1.44. The predicted octanol–water partition coefficient (Wildman–Crippen LogP) is 3.78. The Balaban J connectivity index is 1.48. The van der Waals surface area contributed by atoms with Crippen LogP contribution in [-0.4, -0.2) is 59.3 Å². The largest absolute Gasteiger partial charge is 0.468 e. The van der Waals surface area contributed by atoms with E-state index in [9.17, 15) is 24.9 Å². The van der Waals surface area contributed by atoms with Gasteiger partial charge in [-0.05, 0) is 90.8 Å². The number of allylic oxidation sites excluding steroid dienone is 2. The summed E-state index contributed by atoms with van der Waals surface area (Å²) in [6.07, 6.45) is 5.78. The third-order valence-electron chi connectivity index (χ3n) is 13.6. The van der Waals surface area contributed by atoms with Gasteiger partial charge in [0.25, 0.3) is 0 Å². The number of rotatable bonds is 2. The molecule has 7 heteroatoms. The van der Waals surface area contributed by atoms with E-state index in [1.807, 2.05) is 0 Å². The van der Waals surface area contributed by atoms with Crippen molar-refractivity contribution in [2.75, 3.05) is 13.7 Å². The average Bonchev–Trinajstić information content (AvgIpc) is 3.01. The minimum absolute atomic E-state index is 0.0618. The second-order valence-electron chi connectivity index (χ2n) is 15.3. The van der Waals surface area contributed by atoms with Gasteiger partial charge >= 0.3 is 11.9 Å². The first-order chi connectivity index (χ1) is 17.7. The normalized spacial score (nSPS) is 54.4. The number of methoxy groups -OCH3 is 1. The fourth-order valence-corrected chi connectivity index (χ4v) is 11.4. The topological polar surface area (TPSA) is 113 Å². The molecule has 6 rings (SSSR count). The smallest absolute Gasteiger partial charge is 0.317 e. The highest BCUT2D eigenvalue weighted by Gasteiger charge is 2.76. The van der Waals surface area contributed by atoms with Crippen molar-refractivity contribution in [3.8, 4) is 0 Å². The number of ether oxygens (including phenoxy) is 2. The van der Waals surface area contributed by atoms with Crippen LogP contribution in [0.4, 0.5) is 0 Å². The summed E-state index contributed by atoms with van der Waals surface area (Å²) in [4.78, 5) is 26.5. The standard InChI is InChI=1S/C31H46O7/c1-26(2)11-12-30(24(35)37-6)18(13-26)17-7-8-20-27(3)14-19-23(34)31(16-32,25(36)38-19)21(27)9-10-28(20,4)29(17,5)15-22(30)33/h7,18-23,32-34H,8-16H2,1-6H3. The second kappa shape index (κ2) is 7.85. The molecular weight excluding hydrogens is 484 g/mol. The van der Waals surface area contributed by atoms with Crippen molar-refractivity contribution >= 4 is 11.9 Å². The van der Waals surface area contributed by atoms with Crippen LogP contribution >= 0.6 is 0 Å². The first-order valence-corrected chi connectivity index (χ1v) is 14.6. The van der Waals surface area contributed by atoms with Crippen LogP contribution < -0.4 is 0 Å². The summed E-state index contributed by atoms with van der Waals surface area (Å²) < 4.78 is 11.1. The maximum absolute atomic E-state index is 13.4. The predicted molar refractivity (Wildman–Crippen MR) is 139 cm³/mol. The number of hydrogen-bond donors (Lipinski definition) is 3. The maximum Gasteiger partial charge on any atom is 0.317 e. The highest BCUT2D eigenvalue weighted by atomic mass is 16.6. The van der Waals surface area contributed by atoms with E-state index in [2.05, 4.69) is 40.7 Å². The number of carbonyl (C=O) groups is 2. The highest BCUT2D eigenvalue weighted by Crippen LogP contribution is 2.76. The minimum atomic E-state index is -1.26. The molecule has 0 radical (unpaired) electrons. The van der Waals surface area contributed by atoms with E-state index in [4.69, 9.17) is 9.47 Å². The molecule has 38 heavy (non-hydrogen) atoms. The lowest BCUT2D eigenvalue weighted by molar-refractivity contribution is -0.223. The number of aliphatic hydroxyl groups excluding tert-OH is 3. The van der Waals surface area contributed by atoms with Gasteiger partial charge in [0.05, 0.1) is 19.8 Å². The van der Waals surface area contributed by atoms with Crippen LogP contribution in [0.2, 0.25) is 0 Å². The number of aliphatic hydroxyl groups is 3. The summed E-state index contributed by atoms with van der Waals surface area (Å²) >= 11 is 0. The number of fused-ring (bicyclic) bond motifs is 10. The lowest BCUT2D eigenvalue weighted by Crippen LogP contribution is -2.69. The Labute approximate surface area is 226 Å². The molecule has 5 aliphatic carbocycles. The van der Waals surface area contributed by atoms with Gasteiger partial charge in [-0.3, -0.25) is 9.59 Å². The van der Waals surface area contributed by atoms with E-state index in [1.54, 1.807) is 0 Å². The Kier molecular flexibility index (Phi) is 5.53. The molecule has 1 aliphatic heterocycles. The Bertz CT molecular complexity index is 1100. The van der Waals surface area contributed by atoms with Gasteiger partial charge in [-0.2, -0.15) is 0 Å². The molecule has 2 bridgehead atoms. The molecule has 11 atom stereocenters. The van der Waals surface area contributed by atoms with Gasteiger partial charge in [-0.15, -0.1) is 0 Å². The van der Waals surface area contributed by atoms with Crippen LogP contribution in [0, 0.1) is 50.2 Å². The summed E-state index contributed by atoms with van der Waals surface area (Å²) in [6, 6.07) is 0. The molecule has 3 N–H and O–H groups in total. The zero-order valence-corrected chi connectivity index (χ0v) is 23.9. The van der Waals surface area contributed by atoms with E-state index in [0.29, 0.717) is 25.7 Å². The van der Waals surface area contributed by atoms with Gasteiger partial charge in [-0.1, -0.05) is 46.3 Å². The zero-order chi connectivity index (χ0) is 27.7. The van der Waals surface area contributed by atoms with E-state index < -0.39 is 41.7 Å². The lowest BCUT2D eigenvalue weighted by atomic mass is 9.33. The fourth-order valence-electron chi connectivity index (χ4n) is 11.4. The van der Waals surface area contributed by atoms with E-state index in [1.165, 1.54) is 12.7 Å². The van der Waals surface area contributed by atoms with Gasteiger partial charge in [0.15, 0.2) is 0 Å². The van der Waals surface area contributed by atoms with E-state index >= 15 is 0 Å². The van der Waals surface area contributed by atoms with Crippen molar-refractivity contribution in [3.63, 3.8) is 0 Å². The SMILES string of the molecule is COC(=O)C12CCC(C)(C)CC1C1=CCC3C4(C)CC5OC(=O)C(CO)(C5O)C4CCC3(C)C1(C)CC2O. The third-order valence-corrected chi connectivity index (χ3v) is 13.6. The van der Waals surface area contributed by atoms with Crippen LogP contribution in [0.25, 0.3) is 0 Å². The fraction of sp³-hybridized carbons (Fsp3) is 0.871. The summed E-state index contributed by atoms with van der Waals surface area (Å²) in [6.45, 7) is 11.0. The van der Waals surface area contributed by atoms with E-state index in [-0.39, 0.29) is 45.4 Å². The number of carbonyl (C=O) groups excluding carboxylic acids is 2. The molecular formula is C31H46O7. The Morgan fingerprint density at radius 1 is 1.05 bits per heavy atom. The van der Waals surface area contributed by atoms with Gasteiger partial charge in [0.2, 0.25) is 0 Å². The molecule has 0 aromatic heterocycles. The molecule has 0 amide bonds. The molecule has 6 aliphatic rings. The van der Waals surface area contributed by atoms with Gasteiger partial charge in [0.1, 0.15) is 23.0 Å². The molecule has 1 saturated heterocycles. The Morgan fingerprint density at radius 3 is 2.42 bits per heavy atom. The van der Waals surface area contributed by atoms with E-state index in [0.717, 1.165) is 25.7 Å². The van der Waals surface area contributed by atoms with Crippen molar-refractivity contribution in [1.82, 2.24) is 0 Å². The average molecular weight is 531 g/mol. The monoisotopic (exact) mass is 530 g/mol. The molecule has 0 aromatic rings. The van der Waals surface area contributed by atoms with Crippen LogP contribution in [-0.2, 0) is 19.1 Å². The minimum Gasteiger partial charge on any atom is -0.468 e. The zero-order valence-electron chi connectivity index (χ0n) is 23.9. The second-order valence-corrected chi connectivity index (χ2v) is 15.3. The first kappa shape index (κ1) is 26.8. The molecule has 1 heterocycles. The Morgan fingerprint density at radius 2 is 1.76 bits per heavy atom. The Hall–Kier alpha value is -1.44.